The SMILES string of the molecule is CCC[C@H]1C(=O)N[C@@H]([C@@H](C)CC)C(=O)N(C)CC(=O)N(C)[C@H]2C/C=C\CCN(C2=O)[C@@H](CC2CCC(C(F)F)CC2)C(=O)N(C)CC(=O)N[C@@H](CCC2CCC(Cl)C(Cl)C2)C(=O)N2C[C@H](OC3CCCC3)C[C@H]2C(=O)NC2(CC(C)(C)C2)C(=O)N(C)[C@@H](C(CC)CC)C(=O)N(C)[C@H](C(=O)N(C)C)CC(=O)N1C. The van der Waals surface area contributed by atoms with E-state index in [1.54, 1.807) is 13.0 Å². The molecule has 3 N–H and O–H groups in total. The number of nitrogens with zero attached hydrogens (tertiary/aromatic N) is 9. The first-order valence-corrected chi connectivity index (χ1v) is 40.5. The van der Waals surface area contributed by atoms with Crippen LogP contribution in [0, 0.1) is 35.0 Å². The molecule has 107 heavy (non-hydrogen) atoms. The number of carbonyl (C=O) groups excluding carboxylic acids is 12. The van der Waals surface area contributed by atoms with Crippen LogP contribution in [0.15, 0.2) is 12.2 Å². The third-order valence-corrected chi connectivity index (χ3v) is 25.7. The number of hydrogen-bond donors (Lipinski definition) is 3. The van der Waals surface area contributed by atoms with Gasteiger partial charge < -0.3 is 64.8 Å². The van der Waals surface area contributed by atoms with E-state index in [0.717, 1.165) is 30.6 Å². The van der Waals surface area contributed by atoms with Gasteiger partial charge in [0.15, 0.2) is 0 Å². The summed E-state index contributed by atoms with van der Waals surface area (Å²) in [6.07, 6.45) is 8.87. The Morgan fingerprint density at radius 2 is 1.27 bits per heavy atom. The third kappa shape index (κ3) is 21.9. The van der Waals surface area contributed by atoms with Gasteiger partial charge in [-0.15, -0.1) is 23.2 Å². The minimum absolute atomic E-state index is 0.000519. The van der Waals surface area contributed by atoms with Crippen molar-refractivity contribution in [2.24, 2.45) is 35.0 Å². The van der Waals surface area contributed by atoms with Crippen molar-refractivity contribution in [3.05, 3.63) is 12.2 Å². The van der Waals surface area contributed by atoms with Gasteiger partial charge in [-0.25, -0.2) is 8.78 Å². The molecule has 12 amide bonds. The van der Waals surface area contributed by atoms with Crippen LogP contribution >= 0.6 is 23.2 Å². The molecule has 3 heterocycles. The average Bonchev–Trinajstić information content (AvgIpc) is 1.17. The Bertz CT molecular complexity index is 3160. The fourth-order valence-electron chi connectivity index (χ4n) is 17.8. The number of ether oxygens (including phenoxy) is 1. The second-order valence-electron chi connectivity index (χ2n) is 33.2. The lowest BCUT2D eigenvalue weighted by Crippen LogP contribution is -2.71. The molecule has 2 saturated heterocycles. The zero-order chi connectivity index (χ0) is 79.3. The molecule has 1 spiro atoms. The van der Waals surface area contributed by atoms with E-state index in [0.29, 0.717) is 70.6 Å². The molecule has 29 heteroatoms. The molecule has 0 aromatic rings. The maximum atomic E-state index is 15.9. The van der Waals surface area contributed by atoms with Crippen molar-refractivity contribution in [3.63, 3.8) is 0 Å². The average molecular weight is 1550 g/mol. The van der Waals surface area contributed by atoms with Crippen LogP contribution in [0.5, 0.6) is 0 Å². The van der Waals surface area contributed by atoms with Gasteiger partial charge in [0.25, 0.3) is 0 Å². The van der Waals surface area contributed by atoms with Crippen molar-refractivity contribution in [1.82, 2.24) is 60.0 Å². The molecule has 7 aliphatic rings. The highest BCUT2D eigenvalue weighted by molar-refractivity contribution is 6.30. The Kier molecular flexibility index (Phi) is 32.2. The van der Waals surface area contributed by atoms with E-state index in [1.807, 2.05) is 47.6 Å². The molecule has 4 saturated carbocycles. The molecule has 4 aliphatic carbocycles. The number of nitrogens with one attached hydrogen (secondary N) is 3. The number of alkyl halides is 4. The van der Waals surface area contributed by atoms with Gasteiger partial charge in [-0.1, -0.05) is 99.1 Å². The molecule has 0 aromatic heterocycles. The van der Waals surface area contributed by atoms with E-state index < -0.39 is 180 Å². The molecule has 7 rings (SSSR count). The number of rotatable bonds is 16. The Hall–Kier alpha value is -6.22. The van der Waals surface area contributed by atoms with Crippen LogP contribution in [0.25, 0.3) is 0 Å². The molecule has 604 valence electrons. The Balaban J connectivity index is 1.34. The molecular formula is C78H126Cl2F2N12O13. The summed E-state index contributed by atoms with van der Waals surface area (Å²) in [5, 5.41) is 8.42. The topological polar surface area (TPSA) is 279 Å². The normalized spacial score (nSPS) is 31.7. The Morgan fingerprint density at radius 1 is 0.636 bits per heavy atom. The summed E-state index contributed by atoms with van der Waals surface area (Å²) in [6.45, 7) is 11.9. The summed E-state index contributed by atoms with van der Waals surface area (Å²) in [5.41, 5.74) is -2.13. The van der Waals surface area contributed by atoms with Gasteiger partial charge in [0.1, 0.15) is 53.9 Å². The van der Waals surface area contributed by atoms with Gasteiger partial charge in [-0.2, -0.15) is 0 Å². The van der Waals surface area contributed by atoms with E-state index in [-0.39, 0.29) is 99.6 Å². The summed E-state index contributed by atoms with van der Waals surface area (Å²) in [4.78, 5) is 194. The van der Waals surface area contributed by atoms with Crippen LogP contribution in [0.1, 0.15) is 209 Å². The zero-order valence-electron chi connectivity index (χ0n) is 66.4. The molecule has 3 aliphatic heterocycles. The van der Waals surface area contributed by atoms with Crippen molar-refractivity contribution in [3.8, 4) is 0 Å². The van der Waals surface area contributed by atoms with Crippen LogP contribution in [-0.4, -0.2) is 281 Å². The van der Waals surface area contributed by atoms with Crippen molar-refractivity contribution in [2.75, 3.05) is 82.6 Å². The van der Waals surface area contributed by atoms with Crippen molar-refractivity contribution >= 4 is 94.1 Å². The summed E-state index contributed by atoms with van der Waals surface area (Å²) >= 11 is 13.4. The lowest BCUT2D eigenvalue weighted by Gasteiger charge is -2.54. The summed E-state index contributed by atoms with van der Waals surface area (Å²) in [6, 6.07) is -10.1. The van der Waals surface area contributed by atoms with Gasteiger partial charge in [0.05, 0.1) is 37.1 Å². The van der Waals surface area contributed by atoms with Crippen LogP contribution in [0.4, 0.5) is 8.78 Å². The van der Waals surface area contributed by atoms with E-state index >= 15 is 28.8 Å². The summed E-state index contributed by atoms with van der Waals surface area (Å²) in [7, 11) is 11.5. The molecule has 3 unspecified atom stereocenters. The van der Waals surface area contributed by atoms with Gasteiger partial charge in [-0.3, -0.25) is 57.5 Å². The third-order valence-electron chi connectivity index (χ3n) is 24.5. The molecule has 6 fully saturated rings. The minimum atomic E-state index is -2.54. The number of halogens is 4. The van der Waals surface area contributed by atoms with Crippen molar-refractivity contribution < 1.29 is 71.1 Å². The van der Waals surface area contributed by atoms with Crippen LogP contribution in [0.2, 0.25) is 0 Å². The van der Waals surface area contributed by atoms with Crippen molar-refractivity contribution in [1.29, 1.82) is 0 Å². The first kappa shape index (κ1) is 88.0. The van der Waals surface area contributed by atoms with Gasteiger partial charge >= 0.3 is 0 Å². The fourth-order valence-corrected chi connectivity index (χ4v) is 18.4. The van der Waals surface area contributed by atoms with E-state index in [1.165, 1.54) is 95.6 Å². The predicted molar refractivity (Wildman–Crippen MR) is 404 cm³/mol. The second kappa shape index (κ2) is 39.1. The van der Waals surface area contributed by atoms with E-state index in [9.17, 15) is 37.5 Å². The predicted octanol–water partition coefficient (Wildman–Crippen LogP) is 7.36. The lowest BCUT2D eigenvalue weighted by atomic mass is 9.58. The highest BCUT2D eigenvalue weighted by Crippen LogP contribution is 2.50. The smallest absolute Gasteiger partial charge is 0.248 e. The zero-order valence-corrected chi connectivity index (χ0v) is 67.9. The number of likely N-dealkylation sites (N-methyl/N-ethyl adjacent to an activating group) is 7. The van der Waals surface area contributed by atoms with Crippen molar-refractivity contribution in [2.45, 2.75) is 292 Å². The second-order valence-corrected chi connectivity index (χ2v) is 34.3. The summed E-state index contributed by atoms with van der Waals surface area (Å²) in [5.74, 6) is -9.94. The van der Waals surface area contributed by atoms with Gasteiger partial charge in [-0.05, 0) is 138 Å². The highest BCUT2D eigenvalue weighted by atomic mass is 35.5. The number of fused-ring (bicyclic) bond motifs is 3. The largest absolute Gasteiger partial charge is 0.373 e. The maximum Gasteiger partial charge on any atom is 0.248 e. The first-order valence-electron chi connectivity index (χ1n) is 39.6. The fraction of sp³-hybridized carbons (Fsp3) is 0.821. The van der Waals surface area contributed by atoms with Gasteiger partial charge in [0, 0.05) is 87.2 Å². The number of amides is 12. The number of carbonyl (C=O) groups is 12. The first-order chi connectivity index (χ1) is 50.4. The molecule has 2 bridgehead atoms. The molecule has 25 nitrogen and oxygen atoms in total. The lowest BCUT2D eigenvalue weighted by molar-refractivity contribution is -0.161. The van der Waals surface area contributed by atoms with E-state index in [4.69, 9.17) is 27.9 Å². The highest BCUT2D eigenvalue weighted by Gasteiger charge is 2.59. The molecular weight excluding hydrogens is 1420 g/mol. The molecule has 0 aromatic carbocycles. The minimum Gasteiger partial charge on any atom is -0.373 e. The Morgan fingerprint density at radius 3 is 1.86 bits per heavy atom. The monoisotopic (exact) mass is 1550 g/mol. The molecule has 13 atom stereocenters. The quantitative estimate of drug-likeness (QED) is 0.101. The maximum absolute atomic E-state index is 15.9. The van der Waals surface area contributed by atoms with Gasteiger partial charge in [0.2, 0.25) is 77.3 Å². The Labute approximate surface area is 644 Å². The van der Waals surface area contributed by atoms with Crippen LogP contribution in [0.3, 0.4) is 0 Å². The number of hydrogen-bond acceptors (Lipinski definition) is 13. The molecule has 0 radical (unpaired) electrons. The van der Waals surface area contributed by atoms with E-state index in [2.05, 4.69) is 16.0 Å². The van der Waals surface area contributed by atoms with Crippen LogP contribution < -0.4 is 16.0 Å². The van der Waals surface area contributed by atoms with Crippen LogP contribution in [-0.2, 0) is 62.3 Å². The standard InChI is InChI=1S/C78H126Cl2F2N12O13/c1-16-25-57-68(98)84-65(47(5)17-2)74(104)88(11)44-64(97)90(13)58-28-21-20-24-37-93(73(58)103)61(39-49-29-33-51(34-30-49)67(81)82)72(102)87(10)43-62(95)83-56(36-32-48-31-35-54(79)55(80)38-48)70(100)94-42-53(107-52-26-22-23-27-52)40-59(94)69(99)85-78(45-77(6,7)46-78)76(106)92(15)66(50(18-3)19-4)75(105)91(14)60(71(101)86(8)9)41-63(96)89(57)12/h20-21,47-61,65-67H,16-19,22-46H2,1-15H3,(H,83,95)(H,84,98)(H,85,99)/b21-20-/t47-,48?,49?,51?,53+,54?,55?,56-,57-,58-,59-,60-,61-,65-,66-/m0/s1. The summed E-state index contributed by atoms with van der Waals surface area (Å²) < 4.78 is 35.0.